The molecule has 122 valence electrons. The molecule has 1 atom stereocenters. The molecule has 1 fully saturated rings. The predicted molar refractivity (Wildman–Crippen MR) is 88.2 cm³/mol. The van der Waals surface area contributed by atoms with Gasteiger partial charge in [0.1, 0.15) is 0 Å². The Morgan fingerprint density at radius 3 is 3.04 bits per heavy atom. The standard InChI is InChI=1S/C16H20N4O2S/c1-12(21)17-10-14-5-6-15(23-14)16(22)19-8-2-4-13(11-19)20-9-3-7-18-20/h3,5-7,9,13H,2,4,8,10-11H2,1H3,(H,17,21)/t13-/m0/s1. The number of nitrogens with one attached hydrogen (secondary N) is 1. The number of aromatic nitrogens is 2. The second-order valence-electron chi connectivity index (χ2n) is 5.71. The molecule has 2 aromatic heterocycles. The van der Waals surface area contributed by atoms with Crippen LogP contribution in [-0.2, 0) is 11.3 Å². The first kappa shape index (κ1) is 15.7. The predicted octanol–water partition coefficient (Wildman–Crippen LogP) is 2.06. The monoisotopic (exact) mass is 332 g/mol. The third kappa shape index (κ3) is 3.79. The number of nitrogens with zero attached hydrogens (tertiary/aromatic N) is 3. The fourth-order valence-electron chi connectivity index (χ4n) is 2.81. The van der Waals surface area contributed by atoms with Gasteiger partial charge in [-0.2, -0.15) is 5.10 Å². The van der Waals surface area contributed by atoms with Crippen LogP contribution in [0.3, 0.4) is 0 Å². The van der Waals surface area contributed by atoms with Crippen LogP contribution in [0.5, 0.6) is 0 Å². The smallest absolute Gasteiger partial charge is 0.264 e. The summed E-state index contributed by atoms with van der Waals surface area (Å²) >= 11 is 1.45. The Labute approximate surface area is 139 Å². The average molecular weight is 332 g/mol. The zero-order valence-electron chi connectivity index (χ0n) is 13.1. The fourth-order valence-corrected chi connectivity index (χ4v) is 3.72. The first-order valence-electron chi connectivity index (χ1n) is 7.75. The summed E-state index contributed by atoms with van der Waals surface area (Å²) in [5.41, 5.74) is 0. The molecule has 0 bridgehead atoms. The van der Waals surface area contributed by atoms with Crippen LogP contribution in [-0.4, -0.2) is 39.6 Å². The van der Waals surface area contributed by atoms with Crippen molar-refractivity contribution in [2.45, 2.75) is 32.4 Å². The normalized spacial score (nSPS) is 18.0. The Bertz CT molecular complexity index is 680. The highest BCUT2D eigenvalue weighted by Crippen LogP contribution is 2.24. The summed E-state index contributed by atoms with van der Waals surface area (Å²) < 4.78 is 1.94. The molecule has 3 rings (SSSR count). The molecule has 23 heavy (non-hydrogen) atoms. The van der Waals surface area contributed by atoms with E-state index in [2.05, 4.69) is 10.4 Å². The lowest BCUT2D eigenvalue weighted by Gasteiger charge is -2.32. The van der Waals surface area contributed by atoms with Gasteiger partial charge in [-0.3, -0.25) is 14.3 Å². The molecule has 2 aromatic rings. The molecular formula is C16H20N4O2S. The molecule has 1 N–H and O–H groups in total. The van der Waals surface area contributed by atoms with Crippen molar-refractivity contribution in [1.82, 2.24) is 20.0 Å². The van der Waals surface area contributed by atoms with Crippen molar-refractivity contribution in [3.8, 4) is 0 Å². The molecule has 0 unspecified atom stereocenters. The number of carbonyl (C=O) groups excluding carboxylic acids is 2. The minimum Gasteiger partial charge on any atom is -0.351 e. The molecule has 2 amide bonds. The van der Waals surface area contributed by atoms with Crippen molar-refractivity contribution in [1.29, 1.82) is 0 Å². The summed E-state index contributed by atoms with van der Waals surface area (Å²) in [7, 11) is 0. The molecule has 0 spiro atoms. The van der Waals surface area contributed by atoms with Crippen LogP contribution in [0.25, 0.3) is 0 Å². The highest BCUT2D eigenvalue weighted by molar-refractivity contribution is 7.14. The van der Waals surface area contributed by atoms with Crippen LogP contribution in [0.1, 0.15) is 40.4 Å². The largest absolute Gasteiger partial charge is 0.351 e. The summed E-state index contributed by atoms with van der Waals surface area (Å²) in [6.45, 7) is 3.45. The number of hydrogen-bond acceptors (Lipinski definition) is 4. The van der Waals surface area contributed by atoms with E-state index in [1.54, 1.807) is 6.20 Å². The maximum Gasteiger partial charge on any atom is 0.264 e. The van der Waals surface area contributed by atoms with Gasteiger partial charge in [-0.15, -0.1) is 11.3 Å². The van der Waals surface area contributed by atoms with Crippen molar-refractivity contribution in [2.75, 3.05) is 13.1 Å². The zero-order chi connectivity index (χ0) is 16.2. The SMILES string of the molecule is CC(=O)NCc1ccc(C(=O)N2CCC[C@H](n3cccn3)C2)s1. The van der Waals surface area contributed by atoms with Crippen molar-refractivity contribution in [3.05, 3.63) is 40.3 Å². The molecular weight excluding hydrogens is 312 g/mol. The van der Waals surface area contributed by atoms with Gasteiger partial charge in [-0.05, 0) is 31.0 Å². The maximum atomic E-state index is 12.7. The Balaban J connectivity index is 1.64. The lowest BCUT2D eigenvalue weighted by molar-refractivity contribution is -0.119. The van der Waals surface area contributed by atoms with Crippen LogP contribution < -0.4 is 5.32 Å². The second-order valence-corrected chi connectivity index (χ2v) is 6.88. The number of hydrogen-bond donors (Lipinski definition) is 1. The molecule has 1 aliphatic rings. The van der Waals surface area contributed by atoms with Gasteiger partial charge in [0.25, 0.3) is 5.91 Å². The van der Waals surface area contributed by atoms with Gasteiger partial charge in [-0.1, -0.05) is 0 Å². The number of piperidine rings is 1. The highest BCUT2D eigenvalue weighted by Gasteiger charge is 2.26. The average Bonchev–Trinajstić information content (AvgIpc) is 3.24. The first-order chi connectivity index (χ1) is 11.1. The number of rotatable bonds is 4. The van der Waals surface area contributed by atoms with Crippen LogP contribution >= 0.6 is 11.3 Å². The van der Waals surface area contributed by atoms with Crippen molar-refractivity contribution in [2.24, 2.45) is 0 Å². The van der Waals surface area contributed by atoms with Crippen molar-refractivity contribution >= 4 is 23.2 Å². The fraction of sp³-hybridized carbons (Fsp3) is 0.438. The van der Waals surface area contributed by atoms with Crippen LogP contribution in [0.2, 0.25) is 0 Å². The van der Waals surface area contributed by atoms with E-state index in [1.165, 1.54) is 18.3 Å². The molecule has 1 aliphatic heterocycles. The molecule has 3 heterocycles. The highest BCUT2D eigenvalue weighted by atomic mass is 32.1. The minimum atomic E-state index is -0.0654. The van der Waals surface area contributed by atoms with E-state index in [9.17, 15) is 9.59 Å². The lowest BCUT2D eigenvalue weighted by Crippen LogP contribution is -2.40. The van der Waals surface area contributed by atoms with Gasteiger partial charge in [0.15, 0.2) is 0 Å². The summed E-state index contributed by atoms with van der Waals surface area (Å²) in [5, 5.41) is 7.05. The van der Waals surface area contributed by atoms with Crippen LogP contribution in [0.4, 0.5) is 0 Å². The third-order valence-electron chi connectivity index (χ3n) is 3.97. The third-order valence-corrected chi connectivity index (χ3v) is 5.04. The quantitative estimate of drug-likeness (QED) is 0.932. The number of amides is 2. The Kier molecular flexibility index (Phi) is 4.76. The van der Waals surface area contributed by atoms with Gasteiger partial charge >= 0.3 is 0 Å². The van der Waals surface area contributed by atoms with Gasteiger partial charge in [0, 0.05) is 37.3 Å². The summed E-state index contributed by atoms with van der Waals surface area (Å²) in [4.78, 5) is 27.3. The molecule has 1 saturated heterocycles. The Morgan fingerprint density at radius 1 is 1.43 bits per heavy atom. The van der Waals surface area contributed by atoms with Gasteiger partial charge in [0.2, 0.25) is 5.91 Å². The minimum absolute atomic E-state index is 0.0654. The van der Waals surface area contributed by atoms with E-state index < -0.39 is 0 Å². The number of carbonyl (C=O) groups is 2. The lowest BCUT2D eigenvalue weighted by atomic mass is 10.1. The van der Waals surface area contributed by atoms with E-state index in [0.29, 0.717) is 13.1 Å². The van der Waals surface area contributed by atoms with Crippen molar-refractivity contribution < 1.29 is 9.59 Å². The molecule has 0 aliphatic carbocycles. The van der Waals surface area contributed by atoms with Crippen LogP contribution in [0.15, 0.2) is 30.6 Å². The molecule has 0 radical (unpaired) electrons. The van der Waals surface area contributed by atoms with E-state index in [4.69, 9.17) is 0 Å². The molecule has 0 aromatic carbocycles. The zero-order valence-corrected chi connectivity index (χ0v) is 13.9. The number of thiophene rings is 1. The molecule has 6 nitrogen and oxygen atoms in total. The Morgan fingerprint density at radius 2 is 2.30 bits per heavy atom. The number of likely N-dealkylation sites (tertiary alicyclic amines) is 1. The van der Waals surface area contributed by atoms with Gasteiger partial charge < -0.3 is 10.2 Å². The molecule has 7 heteroatoms. The van der Waals surface area contributed by atoms with E-state index in [1.807, 2.05) is 34.0 Å². The maximum absolute atomic E-state index is 12.7. The first-order valence-corrected chi connectivity index (χ1v) is 8.56. The van der Waals surface area contributed by atoms with E-state index in [0.717, 1.165) is 29.1 Å². The topological polar surface area (TPSA) is 67.2 Å². The molecule has 0 saturated carbocycles. The second kappa shape index (κ2) is 6.95. The van der Waals surface area contributed by atoms with Crippen molar-refractivity contribution in [3.63, 3.8) is 0 Å². The van der Waals surface area contributed by atoms with E-state index in [-0.39, 0.29) is 17.9 Å². The van der Waals surface area contributed by atoms with E-state index >= 15 is 0 Å². The summed E-state index contributed by atoms with van der Waals surface area (Å²) in [6.07, 6.45) is 5.76. The van der Waals surface area contributed by atoms with Gasteiger partial charge in [0.05, 0.1) is 17.5 Å². The van der Waals surface area contributed by atoms with Crippen LogP contribution in [0, 0.1) is 0 Å². The summed E-state index contributed by atoms with van der Waals surface area (Å²) in [6, 6.07) is 5.92. The Hall–Kier alpha value is -2.15. The van der Waals surface area contributed by atoms with Gasteiger partial charge in [-0.25, -0.2) is 0 Å². The summed E-state index contributed by atoms with van der Waals surface area (Å²) in [5.74, 6) is 0.00491.